The Morgan fingerprint density at radius 2 is 2.41 bits per heavy atom. The SMILES string of the molecule is NC(C[C@@]12OC[C@@H]1Nc1ccccc12)C(=O)O. The number of carboxylic acids is 1. The number of para-hydroxylation sites is 1. The fraction of sp³-hybridized carbons (Fsp3) is 0.417. The number of hydrogen-bond acceptors (Lipinski definition) is 4. The van der Waals surface area contributed by atoms with Crippen LogP contribution < -0.4 is 11.1 Å². The van der Waals surface area contributed by atoms with Gasteiger partial charge in [0.1, 0.15) is 11.6 Å². The molecule has 0 aliphatic carbocycles. The van der Waals surface area contributed by atoms with Gasteiger partial charge in [-0.05, 0) is 6.07 Å². The summed E-state index contributed by atoms with van der Waals surface area (Å²) < 4.78 is 5.68. The van der Waals surface area contributed by atoms with Crippen molar-refractivity contribution < 1.29 is 14.6 Å². The van der Waals surface area contributed by atoms with Crippen LogP contribution in [0.25, 0.3) is 0 Å². The minimum absolute atomic E-state index is 0.144. The van der Waals surface area contributed by atoms with Gasteiger partial charge < -0.3 is 20.9 Å². The predicted octanol–water partition coefficient (Wildman–Crippen LogP) is 0.508. The van der Waals surface area contributed by atoms with Crippen molar-refractivity contribution in [3.8, 4) is 0 Å². The van der Waals surface area contributed by atoms with E-state index in [-0.39, 0.29) is 6.04 Å². The van der Waals surface area contributed by atoms with Crippen LogP contribution in [0, 0.1) is 0 Å². The highest BCUT2D eigenvalue weighted by Gasteiger charge is 2.56. The van der Waals surface area contributed by atoms with Gasteiger partial charge in [0.05, 0.1) is 12.6 Å². The van der Waals surface area contributed by atoms with E-state index in [0.717, 1.165) is 11.3 Å². The lowest BCUT2D eigenvalue weighted by Crippen LogP contribution is -2.58. The summed E-state index contributed by atoms with van der Waals surface area (Å²) in [5, 5.41) is 12.3. The lowest BCUT2D eigenvalue weighted by Gasteiger charge is -2.45. The molecular weight excluding hydrogens is 220 g/mol. The summed E-state index contributed by atoms with van der Waals surface area (Å²) >= 11 is 0. The van der Waals surface area contributed by atoms with E-state index in [4.69, 9.17) is 15.6 Å². The first-order chi connectivity index (χ1) is 8.13. The van der Waals surface area contributed by atoms with E-state index >= 15 is 0 Å². The number of ether oxygens (including phenoxy) is 1. The molecule has 0 radical (unpaired) electrons. The normalized spacial score (nSPS) is 30.8. The first kappa shape index (κ1) is 10.6. The van der Waals surface area contributed by atoms with Gasteiger partial charge in [-0.15, -0.1) is 0 Å². The number of fused-ring (bicyclic) bond motifs is 3. The van der Waals surface area contributed by atoms with Crippen LogP contribution in [-0.2, 0) is 15.1 Å². The van der Waals surface area contributed by atoms with Gasteiger partial charge in [-0.3, -0.25) is 4.79 Å². The highest BCUT2D eigenvalue weighted by atomic mass is 16.5. The predicted molar refractivity (Wildman–Crippen MR) is 61.7 cm³/mol. The Morgan fingerprint density at radius 1 is 1.65 bits per heavy atom. The smallest absolute Gasteiger partial charge is 0.320 e. The van der Waals surface area contributed by atoms with Gasteiger partial charge in [-0.25, -0.2) is 0 Å². The van der Waals surface area contributed by atoms with Crippen molar-refractivity contribution in [2.24, 2.45) is 5.73 Å². The first-order valence-electron chi connectivity index (χ1n) is 5.62. The van der Waals surface area contributed by atoms with E-state index in [1.54, 1.807) is 0 Å². The van der Waals surface area contributed by atoms with Crippen LogP contribution in [0.5, 0.6) is 0 Å². The van der Waals surface area contributed by atoms with Gasteiger partial charge in [0.2, 0.25) is 0 Å². The molecule has 0 bridgehead atoms. The quantitative estimate of drug-likeness (QED) is 0.709. The molecule has 2 aliphatic rings. The van der Waals surface area contributed by atoms with Crippen LogP contribution in [0.4, 0.5) is 5.69 Å². The van der Waals surface area contributed by atoms with Crippen LogP contribution >= 0.6 is 0 Å². The molecule has 4 N–H and O–H groups in total. The molecule has 3 atom stereocenters. The molecule has 1 unspecified atom stereocenters. The molecule has 5 heteroatoms. The average molecular weight is 234 g/mol. The fourth-order valence-corrected chi connectivity index (χ4v) is 2.68. The maximum Gasteiger partial charge on any atom is 0.320 e. The van der Waals surface area contributed by atoms with E-state index in [0.29, 0.717) is 13.0 Å². The van der Waals surface area contributed by atoms with Crippen molar-refractivity contribution in [1.29, 1.82) is 0 Å². The second-order valence-corrected chi connectivity index (χ2v) is 4.59. The molecule has 5 nitrogen and oxygen atoms in total. The van der Waals surface area contributed by atoms with E-state index in [1.807, 2.05) is 24.3 Å². The van der Waals surface area contributed by atoms with Crippen LogP contribution in [0.3, 0.4) is 0 Å². The molecular formula is C12H14N2O3. The molecule has 1 aromatic carbocycles. The van der Waals surface area contributed by atoms with Gasteiger partial charge in [-0.1, -0.05) is 18.2 Å². The molecule has 0 saturated carbocycles. The Hall–Kier alpha value is -1.59. The zero-order valence-corrected chi connectivity index (χ0v) is 9.22. The van der Waals surface area contributed by atoms with Crippen LogP contribution in [0.1, 0.15) is 12.0 Å². The van der Waals surface area contributed by atoms with Crippen LogP contribution in [0.2, 0.25) is 0 Å². The number of rotatable bonds is 3. The molecule has 2 aliphatic heterocycles. The second-order valence-electron chi connectivity index (χ2n) is 4.59. The number of carbonyl (C=O) groups is 1. The molecule has 2 heterocycles. The number of carboxylic acid groups (broad SMARTS) is 1. The van der Waals surface area contributed by atoms with Gasteiger partial charge in [0.25, 0.3) is 0 Å². The summed E-state index contributed by atoms with van der Waals surface area (Å²) in [6.45, 7) is 0.598. The highest BCUT2D eigenvalue weighted by Crippen LogP contribution is 2.50. The number of nitrogens with one attached hydrogen (secondary N) is 1. The van der Waals surface area contributed by atoms with E-state index in [9.17, 15) is 4.79 Å². The Morgan fingerprint density at radius 3 is 3.06 bits per heavy atom. The summed E-state index contributed by atoms with van der Waals surface area (Å²) in [6.07, 6.45) is 0.303. The molecule has 0 spiro atoms. The molecule has 1 aromatic rings. The van der Waals surface area contributed by atoms with Crippen molar-refractivity contribution in [2.75, 3.05) is 11.9 Å². The second kappa shape index (κ2) is 3.45. The summed E-state index contributed by atoms with van der Waals surface area (Å²) in [5.41, 5.74) is 7.12. The van der Waals surface area contributed by atoms with Gasteiger partial charge in [0, 0.05) is 17.7 Å². The molecule has 1 fully saturated rings. The minimum Gasteiger partial charge on any atom is -0.480 e. The Bertz CT molecular complexity index is 477. The van der Waals surface area contributed by atoms with Gasteiger partial charge in [0.15, 0.2) is 0 Å². The van der Waals surface area contributed by atoms with E-state index < -0.39 is 17.6 Å². The highest BCUT2D eigenvalue weighted by molar-refractivity contribution is 5.74. The Kier molecular flexibility index (Phi) is 2.14. The standard InChI is InChI=1S/C12H14N2O3/c13-8(11(15)16)5-12-7-3-1-2-4-9(7)14-10(12)6-17-12/h1-4,8,10,14H,5-6,13H2,(H,15,16)/t8?,10-,12-/m0/s1. The topological polar surface area (TPSA) is 84.6 Å². The third-order valence-corrected chi connectivity index (χ3v) is 3.62. The van der Waals surface area contributed by atoms with Crippen LogP contribution in [0.15, 0.2) is 24.3 Å². The average Bonchev–Trinajstić information content (AvgIpc) is 2.51. The van der Waals surface area contributed by atoms with Crippen molar-refractivity contribution in [3.05, 3.63) is 29.8 Å². The zero-order valence-electron chi connectivity index (χ0n) is 9.22. The van der Waals surface area contributed by atoms with E-state index in [2.05, 4.69) is 5.32 Å². The van der Waals surface area contributed by atoms with Gasteiger partial charge >= 0.3 is 5.97 Å². The van der Waals surface area contributed by atoms with Crippen molar-refractivity contribution in [3.63, 3.8) is 0 Å². The zero-order chi connectivity index (χ0) is 12.0. The monoisotopic (exact) mass is 234 g/mol. The molecule has 0 amide bonds. The number of benzene rings is 1. The minimum atomic E-state index is -0.988. The Balaban J connectivity index is 1.94. The maximum absolute atomic E-state index is 10.9. The van der Waals surface area contributed by atoms with Crippen LogP contribution in [-0.4, -0.2) is 29.8 Å². The number of nitrogens with two attached hydrogens (primary N) is 1. The van der Waals surface area contributed by atoms with Crippen molar-refractivity contribution >= 4 is 11.7 Å². The lowest BCUT2D eigenvalue weighted by atomic mass is 9.80. The first-order valence-corrected chi connectivity index (χ1v) is 5.62. The number of anilines is 1. The van der Waals surface area contributed by atoms with Gasteiger partial charge in [-0.2, -0.15) is 0 Å². The van der Waals surface area contributed by atoms with Crippen molar-refractivity contribution in [2.45, 2.75) is 24.1 Å². The number of hydrogen-bond donors (Lipinski definition) is 3. The summed E-state index contributed by atoms with van der Waals surface area (Å²) in [6, 6.07) is 7.07. The number of aliphatic carboxylic acids is 1. The third-order valence-electron chi connectivity index (χ3n) is 3.62. The fourth-order valence-electron chi connectivity index (χ4n) is 2.68. The van der Waals surface area contributed by atoms with Crippen molar-refractivity contribution in [1.82, 2.24) is 0 Å². The summed E-state index contributed by atoms with van der Waals surface area (Å²) in [7, 11) is 0. The largest absolute Gasteiger partial charge is 0.480 e. The summed E-state index contributed by atoms with van der Waals surface area (Å²) in [4.78, 5) is 10.9. The molecule has 90 valence electrons. The molecule has 17 heavy (non-hydrogen) atoms. The molecule has 0 aromatic heterocycles. The lowest BCUT2D eigenvalue weighted by molar-refractivity contribution is -0.172. The third kappa shape index (κ3) is 1.36. The molecule has 3 rings (SSSR count). The summed E-state index contributed by atoms with van der Waals surface area (Å²) in [5.74, 6) is -0.988. The molecule has 1 saturated heterocycles. The Labute approximate surface area is 98.6 Å². The maximum atomic E-state index is 10.9. The van der Waals surface area contributed by atoms with E-state index in [1.165, 1.54) is 0 Å².